The van der Waals surface area contributed by atoms with E-state index in [-0.39, 0.29) is 50.6 Å². The zero-order valence-corrected chi connectivity index (χ0v) is 20.4. The van der Waals surface area contributed by atoms with Gasteiger partial charge in [0.1, 0.15) is 0 Å². The molecule has 4 rings (SSSR count). The fourth-order valence-electron chi connectivity index (χ4n) is 3.30. The van der Waals surface area contributed by atoms with Gasteiger partial charge in [-0.25, -0.2) is 39.1 Å². The van der Waals surface area contributed by atoms with Gasteiger partial charge in [-0.05, 0) is 13.8 Å². The van der Waals surface area contributed by atoms with E-state index in [1.165, 1.54) is 42.0 Å². The Balaban J connectivity index is 0.000000253. The number of carboxylic acids is 2. The number of hydrogen-bond acceptors (Lipinski definition) is 10. The quantitative estimate of drug-likeness (QED) is 0.274. The van der Waals surface area contributed by atoms with Crippen LogP contribution in [0, 0.1) is 13.8 Å². The van der Waals surface area contributed by atoms with Crippen molar-refractivity contribution in [1.82, 2.24) is 38.2 Å². The second-order valence-corrected chi connectivity index (χ2v) is 7.68. The Kier molecular flexibility index (Phi) is 7.54. The summed E-state index contributed by atoms with van der Waals surface area (Å²) in [6.07, 6.45) is 0. The molecule has 196 valence electrons. The summed E-state index contributed by atoms with van der Waals surface area (Å²) in [6.45, 7) is 2.91. The molecule has 0 atom stereocenters. The highest BCUT2D eigenvalue weighted by molar-refractivity contribution is 5.89. The summed E-state index contributed by atoms with van der Waals surface area (Å²) in [5.74, 6) is -2.53. The van der Waals surface area contributed by atoms with Crippen molar-refractivity contribution in [1.29, 1.82) is 0 Å². The maximum Gasteiger partial charge on any atom is 0.356 e. The molecule has 0 spiro atoms. The molecule has 0 amide bonds. The number of nitrogens with zero attached hydrogens (tertiary/aromatic N) is 8. The summed E-state index contributed by atoms with van der Waals surface area (Å²) in [5.41, 5.74) is -2.81. The Hall–Kier alpha value is -5.06. The van der Waals surface area contributed by atoms with Gasteiger partial charge in [0, 0.05) is 28.2 Å². The Morgan fingerprint density at radius 3 is 1.16 bits per heavy atom. The number of fused-ring (bicyclic) bond motifs is 2. The van der Waals surface area contributed by atoms with E-state index in [0.29, 0.717) is 0 Å². The Bertz CT molecular complexity index is 1710. The lowest BCUT2D eigenvalue weighted by molar-refractivity contribution is 0.0678. The molecular formula is C20H22N8O9. The lowest BCUT2D eigenvalue weighted by atomic mass is 10.3. The topological polar surface area (TPSA) is 246 Å². The molecule has 17 nitrogen and oxygen atoms in total. The standard InChI is InChI=1S/2C10H10N4O4.H2O/c2*1-4-5(9(16)17)12-6-7(11-4)13(2)10(18)14(3)8(6)15;/h2*1-3H3,(H,16,17);1H2. The molecule has 0 saturated carbocycles. The van der Waals surface area contributed by atoms with Crippen molar-refractivity contribution in [3.05, 3.63) is 64.5 Å². The van der Waals surface area contributed by atoms with Gasteiger partial charge >= 0.3 is 23.3 Å². The summed E-state index contributed by atoms with van der Waals surface area (Å²) in [7, 11) is 5.48. The highest BCUT2D eigenvalue weighted by atomic mass is 16.4. The lowest BCUT2D eigenvalue weighted by Crippen LogP contribution is -2.38. The van der Waals surface area contributed by atoms with Gasteiger partial charge in [0.05, 0.1) is 11.4 Å². The van der Waals surface area contributed by atoms with Crippen molar-refractivity contribution in [2.45, 2.75) is 13.8 Å². The molecule has 0 aromatic carbocycles. The van der Waals surface area contributed by atoms with Gasteiger partial charge in [0.15, 0.2) is 33.7 Å². The summed E-state index contributed by atoms with van der Waals surface area (Å²) < 4.78 is 4.03. The highest BCUT2D eigenvalue weighted by Gasteiger charge is 2.18. The molecule has 37 heavy (non-hydrogen) atoms. The van der Waals surface area contributed by atoms with Gasteiger partial charge in [0.2, 0.25) is 0 Å². The fraction of sp³-hybridized carbons (Fsp3) is 0.300. The van der Waals surface area contributed by atoms with E-state index in [0.717, 1.165) is 18.3 Å². The minimum atomic E-state index is -1.27. The highest BCUT2D eigenvalue weighted by Crippen LogP contribution is 2.08. The monoisotopic (exact) mass is 518 g/mol. The molecule has 0 aliphatic rings. The van der Waals surface area contributed by atoms with E-state index >= 15 is 0 Å². The van der Waals surface area contributed by atoms with E-state index in [4.69, 9.17) is 10.2 Å². The zero-order chi connectivity index (χ0) is 27.2. The molecule has 4 N–H and O–H groups in total. The van der Waals surface area contributed by atoms with Crippen LogP contribution < -0.4 is 22.5 Å². The minimum absolute atomic E-state index is 0. The molecule has 0 aliphatic heterocycles. The second kappa shape index (κ2) is 9.90. The summed E-state index contributed by atoms with van der Waals surface area (Å²) in [4.78, 5) is 84.4. The maximum atomic E-state index is 11.8. The molecule has 4 aromatic heterocycles. The number of carbonyl (C=O) groups is 2. The van der Waals surface area contributed by atoms with E-state index in [2.05, 4.69) is 19.9 Å². The van der Waals surface area contributed by atoms with Crippen molar-refractivity contribution >= 4 is 34.3 Å². The van der Waals surface area contributed by atoms with Crippen molar-refractivity contribution in [3.63, 3.8) is 0 Å². The smallest absolute Gasteiger partial charge is 0.356 e. The Morgan fingerprint density at radius 1 is 0.595 bits per heavy atom. The third-order valence-electron chi connectivity index (χ3n) is 5.31. The van der Waals surface area contributed by atoms with E-state index in [9.17, 15) is 28.8 Å². The summed E-state index contributed by atoms with van der Waals surface area (Å²) in [5, 5.41) is 17.9. The molecule has 0 aliphatic carbocycles. The third kappa shape index (κ3) is 4.61. The zero-order valence-electron chi connectivity index (χ0n) is 20.4. The predicted molar refractivity (Wildman–Crippen MR) is 127 cm³/mol. The summed E-state index contributed by atoms with van der Waals surface area (Å²) in [6, 6.07) is 0. The van der Waals surface area contributed by atoms with Crippen LogP contribution >= 0.6 is 0 Å². The number of aryl methyl sites for hydroxylation is 4. The van der Waals surface area contributed by atoms with Crippen molar-refractivity contribution < 1.29 is 25.3 Å². The number of aromatic carboxylic acids is 2. The van der Waals surface area contributed by atoms with Gasteiger partial charge in [-0.3, -0.25) is 27.9 Å². The molecule has 0 unspecified atom stereocenters. The Labute approximate surface area is 204 Å². The third-order valence-corrected chi connectivity index (χ3v) is 5.31. The van der Waals surface area contributed by atoms with E-state index in [1.807, 2.05) is 0 Å². The van der Waals surface area contributed by atoms with Crippen LogP contribution in [0.15, 0.2) is 19.2 Å². The molecule has 0 saturated heterocycles. The average molecular weight is 518 g/mol. The van der Waals surface area contributed by atoms with Gasteiger partial charge in [-0.1, -0.05) is 0 Å². The van der Waals surface area contributed by atoms with E-state index in [1.54, 1.807) is 0 Å². The first kappa shape index (κ1) is 28.2. The van der Waals surface area contributed by atoms with Gasteiger partial charge in [-0.2, -0.15) is 0 Å². The maximum absolute atomic E-state index is 11.8. The molecule has 4 aromatic rings. The van der Waals surface area contributed by atoms with Crippen molar-refractivity contribution in [3.8, 4) is 0 Å². The van der Waals surface area contributed by atoms with Crippen LogP contribution in [0.25, 0.3) is 22.3 Å². The molecular weight excluding hydrogens is 496 g/mol. The largest absolute Gasteiger partial charge is 0.476 e. The van der Waals surface area contributed by atoms with Crippen LogP contribution in [-0.4, -0.2) is 65.8 Å². The Morgan fingerprint density at radius 2 is 0.892 bits per heavy atom. The van der Waals surface area contributed by atoms with Gasteiger partial charge < -0.3 is 15.7 Å². The van der Waals surface area contributed by atoms with Crippen LogP contribution in [0.4, 0.5) is 0 Å². The first-order valence-electron chi connectivity index (χ1n) is 10.0. The van der Waals surface area contributed by atoms with Crippen LogP contribution in [0.1, 0.15) is 32.4 Å². The molecule has 17 heteroatoms. The minimum Gasteiger partial charge on any atom is -0.476 e. The van der Waals surface area contributed by atoms with Crippen molar-refractivity contribution in [2.75, 3.05) is 0 Å². The molecule has 0 bridgehead atoms. The number of aromatic nitrogens is 8. The number of carboxylic acid groups (broad SMARTS) is 2. The first-order valence-corrected chi connectivity index (χ1v) is 10.0. The fourth-order valence-corrected chi connectivity index (χ4v) is 3.30. The van der Waals surface area contributed by atoms with Gasteiger partial charge in [0.25, 0.3) is 11.1 Å². The van der Waals surface area contributed by atoms with Gasteiger partial charge in [-0.15, -0.1) is 0 Å². The lowest BCUT2D eigenvalue weighted by Gasteiger charge is -2.07. The number of rotatable bonds is 2. The van der Waals surface area contributed by atoms with Crippen molar-refractivity contribution in [2.24, 2.45) is 28.2 Å². The first-order chi connectivity index (χ1) is 16.7. The normalized spacial score (nSPS) is 10.5. The average Bonchev–Trinajstić information content (AvgIpc) is 2.83. The SMILES string of the molecule is Cc1nc2c(nc1C(=O)O)c(=O)n(C)c(=O)n2C.Cc1nc2c(nc1C(=O)O)c(=O)n(C)c(=O)n2C.O. The molecule has 0 radical (unpaired) electrons. The van der Waals surface area contributed by atoms with Crippen LogP contribution in [-0.2, 0) is 28.2 Å². The molecule has 0 fully saturated rings. The van der Waals surface area contributed by atoms with Crippen LogP contribution in [0.3, 0.4) is 0 Å². The van der Waals surface area contributed by atoms with Crippen LogP contribution in [0.5, 0.6) is 0 Å². The number of hydrogen-bond donors (Lipinski definition) is 2. The second-order valence-electron chi connectivity index (χ2n) is 7.68. The van der Waals surface area contributed by atoms with Crippen LogP contribution in [0.2, 0.25) is 0 Å². The molecule has 4 heterocycles. The summed E-state index contributed by atoms with van der Waals surface area (Å²) >= 11 is 0. The predicted octanol–water partition coefficient (Wildman–Crippen LogP) is -2.76. The van der Waals surface area contributed by atoms with E-state index < -0.39 is 34.4 Å².